The van der Waals surface area contributed by atoms with Crippen molar-refractivity contribution in [3.63, 3.8) is 0 Å². The van der Waals surface area contributed by atoms with Crippen LogP contribution in [0.15, 0.2) is 0 Å². The average Bonchev–Trinajstić information content (AvgIpc) is 2.20. The van der Waals surface area contributed by atoms with Crippen molar-refractivity contribution in [3.8, 4) is 10.8 Å². The summed E-state index contributed by atoms with van der Waals surface area (Å²) in [4.78, 5) is 25.3. The molecule has 0 aliphatic heterocycles. The van der Waals surface area contributed by atoms with Crippen LogP contribution in [0, 0.1) is 10.8 Å². The number of hydrogen-bond acceptors (Lipinski definition) is 4. The zero-order chi connectivity index (χ0) is 13.5. The first-order valence-corrected chi connectivity index (χ1v) is 5.75. The second kappa shape index (κ2) is 7.17. The molecular formula is C11H16BrNO4. The lowest BCUT2D eigenvalue weighted by atomic mass is 10.2. The molecule has 6 heteroatoms. The molecule has 5 nitrogen and oxygen atoms in total. The van der Waals surface area contributed by atoms with Gasteiger partial charge in [0.2, 0.25) is 0 Å². The number of alkyl carbamates (subject to hydrolysis) is 1. The van der Waals surface area contributed by atoms with Crippen LogP contribution in [0.25, 0.3) is 0 Å². The van der Waals surface area contributed by atoms with E-state index in [2.05, 4.69) is 36.7 Å². The summed E-state index contributed by atoms with van der Waals surface area (Å²) in [5.74, 6) is 2.06. The Labute approximate surface area is 109 Å². The smallest absolute Gasteiger partial charge is 0.408 e. The van der Waals surface area contributed by atoms with Crippen LogP contribution < -0.4 is 5.32 Å². The molecule has 0 aliphatic rings. The third-order valence-corrected chi connectivity index (χ3v) is 1.83. The van der Waals surface area contributed by atoms with Gasteiger partial charge in [-0.25, -0.2) is 9.59 Å². The van der Waals surface area contributed by atoms with E-state index in [1.807, 2.05) is 0 Å². The molecule has 0 radical (unpaired) electrons. The summed E-state index contributed by atoms with van der Waals surface area (Å²) >= 11 is 2.91. The Bertz CT molecular complexity index is 338. The van der Waals surface area contributed by atoms with Gasteiger partial charge in [0.25, 0.3) is 0 Å². The maximum absolute atomic E-state index is 11.5. The Morgan fingerprint density at radius 2 is 2.00 bits per heavy atom. The molecule has 1 amide bonds. The zero-order valence-electron chi connectivity index (χ0n) is 10.3. The van der Waals surface area contributed by atoms with Crippen LogP contribution in [0.2, 0.25) is 0 Å². The molecule has 0 heterocycles. The SMILES string of the molecule is COC(=O)[C@H](CC#CBr)NC(=O)OC(C)(C)C. The Hall–Kier alpha value is -1.22. The number of esters is 1. The quantitative estimate of drug-likeness (QED) is 0.638. The molecule has 17 heavy (non-hydrogen) atoms. The van der Waals surface area contributed by atoms with E-state index in [0.717, 1.165) is 0 Å². The van der Waals surface area contributed by atoms with E-state index in [9.17, 15) is 9.59 Å². The highest BCUT2D eigenvalue weighted by molar-refractivity contribution is 9.12. The summed E-state index contributed by atoms with van der Waals surface area (Å²) in [5.41, 5.74) is -0.619. The number of carbonyl (C=O) groups excluding carboxylic acids is 2. The topological polar surface area (TPSA) is 64.6 Å². The van der Waals surface area contributed by atoms with Crippen molar-refractivity contribution in [3.05, 3.63) is 0 Å². The number of carbonyl (C=O) groups is 2. The van der Waals surface area contributed by atoms with Crippen molar-refractivity contribution in [1.82, 2.24) is 5.32 Å². The van der Waals surface area contributed by atoms with Gasteiger partial charge in [-0.3, -0.25) is 0 Å². The number of rotatable bonds is 3. The average molecular weight is 306 g/mol. The lowest BCUT2D eigenvalue weighted by Gasteiger charge is -2.21. The van der Waals surface area contributed by atoms with E-state index in [-0.39, 0.29) is 6.42 Å². The summed E-state index contributed by atoms with van der Waals surface area (Å²) in [6.45, 7) is 5.20. The highest BCUT2D eigenvalue weighted by Crippen LogP contribution is 2.07. The minimum absolute atomic E-state index is 0.150. The summed E-state index contributed by atoms with van der Waals surface area (Å²) in [6, 6.07) is -0.833. The molecule has 0 saturated carbocycles. The van der Waals surface area contributed by atoms with Crippen LogP contribution in [0.1, 0.15) is 27.2 Å². The summed E-state index contributed by atoms with van der Waals surface area (Å²) < 4.78 is 9.57. The maximum Gasteiger partial charge on any atom is 0.408 e. The minimum atomic E-state index is -0.833. The first-order chi connectivity index (χ1) is 7.80. The second-order valence-electron chi connectivity index (χ2n) is 4.20. The van der Waals surface area contributed by atoms with Gasteiger partial charge in [-0.15, -0.1) is 0 Å². The fraction of sp³-hybridized carbons (Fsp3) is 0.636. The number of halogens is 1. The minimum Gasteiger partial charge on any atom is -0.467 e. The molecule has 0 aromatic rings. The fourth-order valence-corrected chi connectivity index (χ4v) is 1.09. The molecule has 0 fully saturated rings. The van der Waals surface area contributed by atoms with Gasteiger partial charge >= 0.3 is 12.1 Å². The summed E-state index contributed by atoms with van der Waals surface area (Å²) in [7, 11) is 1.24. The molecule has 1 N–H and O–H groups in total. The van der Waals surface area contributed by atoms with E-state index in [4.69, 9.17) is 4.74 Å². The van der Waals surface area contributed by atoms with Crippen LogP contribution in [-0.2, 0) is 14.3 Å². The molecule has 0 saturated heterocycles. The molecule has 0 spiro atoms. The van der Waals surface area contributed by atoms with Crippen molar-refractivity contribution in [1.29, 1.82) is 0 Å². The fourth-order valence-electron chi connectivity index (χ4n) is 0.926. The van der Waals surface area contributed by atoms with Crippen LogP contribution in [0.3, 0.4) is 0 Å². The number of nitrogens with one attached hydrogen (secondary N) is 1. The summed E-state index contributed by atoms with van der Waals surface area (Å²) in [5, 5.41) is 2.40. The number of hydrogen-bond donors (Lipinski definition) is 1. The monoisotopic (exact) mass is 305 g/mol. The molecule has 0 unspecified atom stereocenters. The van der Waals surface area contributed by atoms with Crippen molar-refractivity contribution < 1.29 is 19.1 Å². The van der Waals surface area contributed by atoms with Gasteiger partial charge in [-0.1, -0.05) is 5.92 Å². The van der Waals surface area contributed by atoms with Crippen molar-refractivity contribution in [2.45, 2.75) is 38.8 Å². The molecular weight excluding hydrogens is 290 g/mol. The first kappa shape index (κ1) is 15.8. The third-order valence-electron chi connectivity index (χ3n) is 1.55. The van der Waals surface area contributed by atoms with E-state index in [1.165, 1.54) is 7.11 Å². The predicted octanol–water partition coefficient (Wildman–Crippen LogP) is 1.80. The van der Waals surface area contributed by atoms with E-state index >= 15 is 0 Å². The molecule has 0 aromatic carbocycles. The Morgan fingerprint density at radius 3 is 2.41 bits per heavy atom. The van der Waals surface area contributed by atoms with Gasteiger partial charge in [0.05, 0.1) is 7.11 Å². The summed E-state index contributed by atoms with van der Waals surface area (Å²) in [6.07, 6.45) is -0.527. The molecule has 1 atom stereocenters. The number of ether oxygens (including phenoxy) is 2. The Kier molecular flexibility index (Phi) is 6.66. The van der Waals surface area contributed by atoms with Gasteiger partial charge in [-0.2, -0.15) is 0 Å². The van der Waals surface area contributed by atoms with Crippen LogP contribution >= 0.6 is 15.9 Å². The largest absolute Gasteiger partial charge is 0.467 e. The van der Waals surface area contributed by atoms with E-state index in [0.29, 0.717) is 0 Å². The lowest BCUT2D eigenvalue weighted by Crippen LogP contribution is -2.43. The van der Waals surface area contributed by atoms with Crippen molar-refractivity contribution in [2.24, 2.45) is 0 Å². The second-order valence-corrected chi connectivity index (χ2v) is 4.59. The van der Waals surface area contributed by atoms with Gasteiger partial charge < -0.3 is 14.8 Å². The van der Waals surface area contributed by atoms with E-state index in [1.54, 1.807) is 20.8 Å². The third kappa shape index (κ3) is 7.64. The Balaban J connectivity index is 4.46. The van der Waals surface area contributed by atoms with Gasteiger partial charge in [0, 0.05) is 22.4 Å². The van der Waals surface area contributed by atoms with Crippen LogP contribution in [-0.4, -0.2) is 30.8 Å². The van der Waals surface area contributed by atoms with E-state index < -0.39 is 23.7 Å². The van der Waals surface area contributed by atoms with Crippen molar-refractivity contribution >= 4 is 28.0 Å². The van der Waals surface area contributed by atoms with Crippen LogP contribution in [0.5, 0.6) is 0 Å². The van der Waals surface area contributed by atoms with Gasteiger partial charge in [0.1, 0.15) is 11.6 Å². The maximum atomic E-state index is 11.5. The lowest BCUT2D eigenvalue weighted by molar-refractivity contribution is -0.143. The first-order valence-electron chi connectivity index (χ1n) is 4.96. The normalized spacial score (nSPS) is 11.8. The molecule has 0 aromatic heterocycles. The standard InChI is InChI=1S/C11H16BrNO4/c1-11(2,3)17-10(15)13-8(6-5-7-12)9(14)16-4/h8H,6H2,1-4H3,(H,13,15)/t8-/m0/s1. The van der Waals surface area contributed by atoms with Crippen LogP contribution in [0.4, 0.5) is 4.79 Å². The molecule has 0 rings (SSSR count). The molecule has 96 valence electrons. The van der Waals surface area contributed by atoms with Gasteiger partial charge in [0.15, 0.2) is 0 Å². The zero-order valence-corrected chi connectivity index (χ0v) is 11.9. The number of amides is 1. The highest BCUT2D eigenvalue weighted by Gasteiger charge is 2.24. The highest BCUT2D eigenvalue weighted by atomic mass is 79.9. The molecule has 0 bridgehead atoms. The Morgan fingerprint density at radius 1 is 1.41 bits per heavy atom. The molecule has 0 aliphatic carbocycles. The number of methoxy groups -OCH3 is 1. The van der Waals surface area contributed by atoms with Gasteiger partial charge in [-0.05, 0) is 25.6 Å². The predicted molar refractivity (Wildman–Crippen MR) is 66.5 cm³/mol. The van der Waals surface area contributed by atoms with Crippen molar-refractivity contribution in [2.75, 3.05) is 7.11 Å².